The molecule has 43 heavy (non-hydrogen) atoms. The maximum atomic E-state index is 14.6. The largest absolute Gasteiger partial charge is 0.494 e. The van der Waals surface area contributed by atoms with Crippen molar-refractivity contribution in [1.82, 2.24) is 4.98 Å². The van der Waals surface area contributed by atoms with E-state index in [1.54, 1.807) is 12.1 Å². The van der Waals surface area contributed by atoms with Gasteiger partial charge in [-0.15, -0.1) is 0 Å². The predicted octanol–water partition coefficient (Wildman–Crippen LogP) is 6.73. The Labute approximate surface area is 252 Å². The Morgan fingerprint density at radius 1 is 0.907 bits per heavy atom. The van der Waals surface area contributed by atoms with E-state index < -0.39 is 17.3 Å². The Morgan fingerprint density at radius 2 is 1.58 bits per heavy atom. The molecule has 2 heterocycles. The Balaban J connectivity index is 1.26. The zero-order valence-corrected chi connectivity index (χ0v) is 24.3. The summed E-state index contributed by atoms with van der Waals surface area (Å²) in [7, 11) is 0. The second kappa shape index (κ2) is 9.88. The Morgan fingerprint density at radius 3 is 2.28 bits per heavy atom. The lowest BCUT2D eigenvalue weighted by Gasteiger charge is -2.52. The van der Waals surface area contributed by atoms with Crippen LogP contribution in [0.5, 0.6) is 5.75 Å². The van der Waals surface area contributed by atoms with E-state index in [1.165, 1.54) is 16.2 Å². The van der Waals surface area contributed by atoms with Crippen molar-refractivity contribution in [3.63, 3.8) is 0 Å². The minimum atomic E-state index is -0.943. The molecule has 1 fully saturated rings. The van der Waals surface area contributed by atoms with Gasteiger partial charge in [-0.25, -0.2) is 9.88 Å². The second-order valence-corrected chi connectivity index (χ2v) is 12.3. The number of nitrogens with zero attached hydrogens (tertiary/aromatic N) is 3. The van der Waals surface area contributed by atoms with Gasteiger partial charge in [-0.3, -0.25) is 15.0 Å². The Kier molecular flexibility index (Phi) is 5.94. The molecule has 212 valence electrons. The van der Waals surface area contributed by atoms with Gasteiger partial charge in [-0.05, 0) is 65.1 Å². The van der Waals surface area contributed by atoms with Gasteiger partial charge in [0.15, 0.2) is 0 Å². The van der Waals surface area contributed by atoms with E-state index in [4.69, 9.17) is 9.84 Å². The van der Waals surface area contributed by atoms with E-state index in [2.05, 4.69) is 41.6 Å². The molecule has 1 aliphatic heterocycles. The summed E-state index contributed by atoms with van der Waals surface area (Å²) in [6.07, 6.45) is 2.74. The molecular weight excluding hydrogens is 556 g/mol. The van der Waals surface area contributed by atoms with Crippen molar-refractivity contribution in [2.45, 2.75) is 24.7 Å². The summed E-state index contributed by atoms with van der Waals surface area (Å²) in [5.74, 6) is -1.10. The summed E-state index contributed by atoms with van der Waals surface area (Å²) in [5, 5.41) is 5.42. The van der Waals surface area contributed by atoms with Crippen molar-refractivity contribution in [3.8, 4) is 5.75 Å². The molecule has 7 nitrogen and oxygen atoms in total. The first-order chi connectivity index (χ1) is 21.1. The van der Waals surface area contributed by atoms with E-state index in [0.29, 0.717) is 23.2 Å². The number of aromatic nitrogens is 1. The molecule has 2 atom stereocenters. The molecule has 4 aromatic carbocycles. The van der Waals surface area contributed by atoms with Crippen LogP contribution in [0.3, 0.4) is 0 Å². The standard InChI is InChI=1S/C35H28N4O3S/c1-2-19-42-22-17-15-21(16-18-22)39-32(40)30-29-23-9-3-5-11-25(23)35(31(30)33(39)41,26-12-6-4-10-24(26)29)20-36-38-34-37-27-13-7-8-14-28(27)43-34/h3-18,20,29-31H,2,19H2,1H3,(H,37,38)/b36-20+. The van der Waals surface area contributed by atoms with Crippen LogP contribution in [-0.2, 0) is 15.0 Å². The summed E-state index contributed by atoms with van der Waals surface area (Å²) in [6.45, 7) is 2.66. The van der Waals surface area contributed by atoms with E-state index in [1.807, 2.05) is 66.9 Å². The number of nitrogens with one attached hydrogen (secondary N) is 1. The van der Waals surface area contributed by atoms with Gasteiger partial charge in [0, 0.05) is 12.1 Å². The third kappa shape index (κ3) is 3.72. The smallest absolute Gasteiger partial charge is 0.239 e. The number of ether oxygens (including phenoxy) is 1. The lowest BCUT2D eigenvalue weighted by atomic mass is 9.47. The van der Waals surface area contributed by atoms with Gasteiger partial charge in [0.05, 0.1) is 39.8 Å². The van der Waals surface area contributed by atoms with Crippen molar-refractivity contribution < 1.29 is 14.3 Å². The van der Waals surface area contributed by atoms with Crippen LogP contribution < -0.4 is 15.1 Å². The molecule has 0 spiro atoms. The van der Waals surface area contributed by atoms with Crippen LogP contribution in [-0.4, -0.2) is 29.6 Å². The average Bonchev–Trinajstić information content (AvgIpc) is 3.58. The van der Waals surface area contributed by atoms with Crippen molar-refractivity contribution in [3.05, 3.63) is 119 Å². The van der Waals surface area contributed by atoms with Gasteiger partial charge in [0.25, 0.3) is 0 Å². The van der Waals surface area contributed by atoms with Crippen molar-refractivity contribution >= 4 is 50.4 Å². The van der Waals surface area contributed by atoms with Gasteiger partial charge >= 0.3 is 0 Å². The number of fused-ring (bicyclic) bond motifs is 1. The number of carbonyl (C=O) groups excluding carboxylic acids is 2. The minimum absolute atomic E-state index is 0.178. The molecule has 1 N–H and O–H groups in total. The quantitative estimate of drug-likeness (QED) is 0.130. The molecule has 2 bridgehead atoms. The fourth-order valence-electron chi connectivity index (χ4n) is 7.32. The number of amides is 2. The van der Waals surface area contributed by atoms with Crippen molar-refractivity contribution in [2.75, 3.05) is 16.9 Å². The molecule has 2 unspecified atom stereocenters. The SMILES string of the molecule is CCCOc1ccc(N2C(=O)C3C4c5ccccc5C(/C=N/Nc5nc6ccccc6s5)(c5ccccc54)C3C2=O)cc1. The maximum Gasteiger partial charge on any atom is 0.239 e. The van der Waals surface area contributed by atoms with Crippen LogP contribution >= 0.6 is 11.3 Å². The molecule has 2 amide bonds. The molecular formula is C35H28N4O3S. The van der Waals surface area contributed by atoms with E-state index in [-0.39, 0.29) is 17.7 Å². The predicted molar refractivity (Wildman–Crippen MR) is 169 cm³/mol. The highest BCUT2D eigenvalue weighted by atomic mass is 32.1. The first-order valence-electron chi connectivity index (χ1n) is 14.6. The first kappa shape index (κ1) is 25.9. The topological polar surface area (TPSA) is 83.9 Å². The first-order valence-corrected chi connectivity index (χ1v) is 15.4. The van der Waals surface area contributed by atoms with Gasteiger partial charge in [0.1, 0.15) is 5.75 Å². The lowest BCUT2D eigenvalue weighted by molar-refractivity contribution is -0.122. The summed E-state index contributed by atoms with van der Waals surface area (Å²) >= 11 is 1.52. The summed E-state index contributed by atoms with van der Waals surface area (Å²) in [5.41, 5.74) is 7.83. The molecule has 1 aromatic heterocycles. The number of thiazole rings is 1. The highest BCUT2D eigenvalue weighted by Gasteiger charge is 2.68. The molecule has 0 saturated carbocycles. The van der Waals surface area contributed by atoms with Crippen LogP contribution in [0.1, 0.15) is 41.5 Å². The van der Waals surface area contributed by atoms with Crippen LogP contribution in [0, 0.1) is 11.8 Å². The van der Waals surface area contributed by atoms with Crippen LogP contribution in [0.25, 0.3) is 10.2 Å². The zero-order valence-electron chi connectivity index (χ0n) is 23.4. The molecule has 9 rings (SSSR count). The third-order valence-corrected chi connectivity index (χ3v) is 9.91. The zero-order chi connectivity index (χ0) is 29.1. The van der Waals surface area contributed by atoms with E-state index in [9.17, 15) is 9.59 Å². The number of hydrazone groups is 1. The molecule has 8 heteroatoms. The average molecular weight is 585 g/mol. The number of benzene rings is 4. The fourth-order valence-corrected chi connectivity index (χ4v) is 8.14. The van der Waals surface area contributed by atoms with Gasteiger partial charge < -0.3 is 4.74 Å². The fraction of sp³-hybridized carbons (Fsp3) is 0.200. The summed E-state index contributed by atoms with van der Waals surface area (Å²) < 4.78 is 6.81. The maximum absolute atomic E-state index is 14.6. The minimum Gasteiger partial charge on any atom is -0.494 e. The van der Waals surface area contributed by atoms with Gasteiger partial charge in [0.2, 0.25) is 16.9 Å². The number of imide groups is 1. The molecule has 5 aromatic rings. The van der Waals surface area contributed by atoms with Crippen LogP contribution in [0.4, 0.5) is 10.8 Å². The highest BCUT2D eigenvalue weighted by Crippen LogP contribution is 2.63. The van der Waals surface area contributed by atoms with E-state index >= 15 is 0 Å². The number of rotatable bonds is 7. The Bertz CT molecular complexity index is 1850. The number of para-hydroxylation sites is 1. The molecule has 3 aliphatic carbocycles. The van der Waals surface area contributed by atoms with Gasteiger partial charge in [-0.2, -0.15) is 5.10 Å². The van der Waals surface area contributed by atoms with Crippen molar-refractivity contribution in [1.29, 1.82) is 0 Å². The number of hydrogen-bond donors (Lipinski definition) is 1. The highest BCUT2D eigenvalue weighted by molar-refractivity contribution is 7.22. The number of carbonyl (C=O) groups is 2. The van der Waals surface area contributed by atoms with Crippen molar-refractivity contribution in [2.24, 2.45) is 16.9 Å². The lowest BCUT2D eigenvalue weighted by Crippen LogP contribution is -2.54. The summed E-state index contributed by atoms with van der Waals surface area (Å²) in [4.78, 5) is 35.0. The Hall–Kier alpha value is -4.82. The number of anilines is 2. The summed E-state index contributed by atoms with van der Waals surface area (Å²) in [6, 6.07) is 31.6. The normalized spacial score (nSPS) is 23.5. The third-order valence-electron chi connectivity index (χ3n) is 8.97. The molecule has 1 saturated heterocycles. The van der Waals surface area contributed by atoms with Crippen LogP contribution in [0.15, 0.2) is 102 Å². The monoisotopic (exact) mass is 584 g/mol. The van der Waals surface area contributed by atoms with Gasteiger partial charge in [-0.1, -0.05) is 78.9 Å². The number of hydrogen-bond acceptors (Lipinski definition) is 7. The molecule has 4 aliphatic rings. The van der Waals surface area contributed by atoms with Crippen LogP contribution in [0.2, 0.25) is 0 Å². The molecule has 0 radical (unpaired) electrons. The second-order valence-electron chi connectivity index (χ2n) is 11.2. The van der Waals surface area contributed by atoms with E-state index in [0.717, 1.165) is 38.9 Å².